The van der Waals surface area contributed by atoms with Gasteiger partial charge in [0.05, 0.1) is 13.2 Å². The van der Waals surface area contributed by atoms with Crippen molar-refractivity contribution in [1.29, 1.82) is 0 Å². The van der Waals surface area contributed by atoms with Crippen LogP contribution in [0.25, 0.3) is 0 Å². The molecule has 36 heavy (non-hydrogen) atoms. The van der Waals surface area contributed by atoms with E-state index in [0.29, 0.717) is 31.0 Å². The molecule has 0 aromatic heterocycles. The molecule has 3 heterocycles. The minimum absolute atomic E-state index is 0.130. The lowest BCUT2D eigenvalue weighted by Crippen LogP contribution is -2.62. The van der Waals surface area contributed by atoms with Crippen molar-refractivity contribution in [3.05, 3.63) is 0 Å². The molecule has 3 aliphatic rings. The summed E-state index contributed by atoms with van der Waals surface area (Å²) in [4.78, 5) is 0. The van der Waals surface area contributed by atoms with Gasteiger partial charge in [-0.25, -0.2) is 0 Å². The average Bonchev–Trinajstić information content (AvgIpc) is 3.39. The van der Waals surface area contributed by atoms with E-state index in [4.69, 9.17) is 28.4 Å². The molecule has 0 N–H and O–H groups in total. The van der Waals surface area contributed by atoms with E-state index in [2.05, 4.69) is 41.5 Å². The number of ether oxygens (including phenoxy) is 6. The van der Waals surface area contributed by atoms with Gasteiger partial charge in [0.25, 0.3) is 0 Å². The van der Waals surface area contributed by atoms with E-state index < -0.39 is 0 Å². The van der Waals surface area contributed by atoms with Crippen molar-refractivity contribution in [1.82, 2.24) is 0 Å². The Bertz CT molecular complexity index is 588. The Kier molecular flexibility index (Phi) is 13.5. The van der Waals surface area contributed by atoms with Gasteiger partial charge in [-0.05, 0) is 38.5 Å². The fourth-order valence-corrected chi connectivity index (χ4v) is 6.03. The summed E-state index contributed by atoms with van der Waals surface area (Å²) in [5.74, 6) is 1.19. The maximum Gasteiger partial charge on any atom is 0.161 e. The molecule has 0 spiro atoms. The molecule has 0 radical (unpaired) electrons. The molecule has 0 bridgehead atoms. The highest BCUT2D eigenvalue weighted by Gasteiger charge is 2.52. The molecule has 3 aliphatic heterocycles. The largest absolute Gasteiger partial charge is 0.350 e. The molecule has 0 aromatic carbocycles. The van der Waals surface area contributed by atoms with Gasteiger partial charge in [-0.15, -0.1) is 0 Å². The second kappa shape index (κ2) is 16.0. The Labute approximate surface area is 221 Å². The highest BCUT2D eigenvalue weighted by molar-refractivity contribution is 4.94. The number of unbranched alkanes of at least 4 members (excludes halogenated alkanes) is 3. The monoisotopic (exact) mass is 512 g/mol. The molecule has 6 nitrogen and oxygen atoms in total. The maximum atomic E-state index is 6.77. The van der Waals surface area contributed by atoms with E-state index in [0.717, 1.165) is 38.5 Å². The van der Waals surface area contributed by atoms with Gasteiger partial charge in [-0.3, -0.25) is 0 Å². The molecule has 0 saturated carbocycles. The van der Waals surface area contributed by atoms with E-state index in [1.54, 1.807) is 0 Å². The standard InChI is InChI=1S/C30H56O6/c1-7-13-16-21(10-4)28-31-19-24(33-28)27-26-25(34-30(36-27)23(12-6)18-15-9-3)20-32-29(35-26)22(11-5)17-14-8-2/h21-30H,7-20H2,1-6H3. The third-order valence-electron chi connectivity index (χ3n) is 8.62. The van der Waals surface area contributed by atoms with E-state index in [1.807, 2.05) is 0 Å². The molecule has 0 aromatic rings. The van der Waals surface area contributed by atoms with Gasteiger partial charge in [-0.1, -0.05) is 80.1 Å². The summed E-state index contributed by atoms with van der Waals surface area (Å²) in [6, 6.07) is 0. The topological polar surface area (TPSA) is 55.4 Å². The number of rotatable bonds is 16. The van der Waals surface area contributed by atoms with E-state index in [9.17, 15) is 0 Å². The van der Waals surface area contributed by atoms with Gasteiger partial charge in [0.15, 0.2) is 18.9 Å². The Hall–Kier alpha value is -0.240. The first-order chi connectivity index (χ1) is 17.6. The lowest BCUT2D eigenvalue weighted by molar-refractivity contribution is -0.382. The second-order valence-electron chi connectivity index (χ2n) is 11.3. The van der Waals surface area contributed by atoms with Crippen molar-refractivity contribution in [2.24, 2.45) is 17.8 Å². The number of hydrogen-bond donors (Lipinski definition) is 0. The molecule has 6 heteroatoms. The predicted octanol–water partition coefficient (Wildman–Crippen LogP) is 7.23. The number of hydrogen-bond acceptors (Lipinski definition) is 6. The van der Waals surface area contributed by atoms with Crippen LogP contribution in [0.2, 0.25) is 0 Å². The molecular formula is C30H56O6. The maximum absolute atomic E-state index is 6.77. The van der Waals surface area contributed by atoms with Crippen LogP contribution in [0.3, 0.4) is 0 Å². The summed E-state index contributed by atoms with van der Waals surface area (Å²) in [5.41, 5.74) is 0. The molecule has 3 fully saturated rings. The average molecular weight is 513 g/mol. The Morgan fingerprint density at radius 2 is 0.861 bits per heavy atom. The van der Waals surface area contributed by atoms with Crippen molar-refractivity contribution in [2.75, 3.05) is 13.2 Å². The van der Waals surface area contributed by atoms with Gasteiger partial charge >= 0.3 is 0 Å². The summed E-state index contributed by atoms with van der Waals surface area (Å²) in [6.07, 6.45) is 12.4. The van der Waals surface area contributed by atoms with Crippen molar-refractivity contribution in [2.45, 2.75) is 162 Å². The Morgan fingerprint density at radius 3 is 1.28 bits per heavy atom. The van der Waals surface area contributed by atoms with E-state index >= 15 is 0 Å². The summed E-state index contributed by atoms with van der Waals surface area (Å²) in [7, 11) is 0. The zero-order valence-corrected chi connectivity index (χ0v) is 24.1. The smallest absolute Gasteiger partial charge is 0.161 e. The van der Waals surface area contributed by atoms with Gasteiger partial charge in [-0.2, -0.15) is 0 Å². The molecule has 3 rings (SSSR count). The van der Waals surface area contributed by atoms with E-state index in [-0.39, 0.29) is 43.3 Å². The lowest BCUT2D eigenvalue weighted by atomic mass is 9.93. The number of fused-ring (bicyclic) bond motifs is 1. The molecule has 212 valence electrons. The van der Waals surface area contributed by atoms with Crippen LogP contribution in [0.5, 0.6) is 0 Å². The fraction of sp³-hybridized carbons (Fsp3) is 1.00. The SMILES string of the molecule is CCCCC(CC)C1OCC(C2OC(C(CC)CCCC)OC3COC(C(CC)CCCC)OC32)O1. The van der Waals surface area contributed by atoms with Crippen LogP contribution in [0.1, 0.15) is 119 Å². The summed E-state index contributed by atoms with van der Waals surface area (Å²) < 4.78 is 39.2. The summed E-state index contributed by atoms with van der Waals surface area (Å²) in [6.45, 7) is 14.6. The molecule has 10 atom stereocenters. The predicted molar refractivity (Wildman–Crippen MR) is 143 cm³/mol. The zero-order valence-electron chi connectivity index (χ0n) is 24.1. The van der Waals surface area contributed by atoms with Crippen LogP contribution >= 0.6 is 0 Å². The zero-order chi connectivity index (χ0) is 25.9. The van der Waals surface area contributed by atoms with Crippen LogP contribution in [0.4, 0.5) is 0 Å². The third kappa shape index (κ3) is 7.89. The molecule has 10 unspecified atom stereocenters. The van der Waals surface area contributed by atoms with Crippen LogP contribution in [-0.2, 0) is 28.4 Å². The molecule has 3 saturated heterocycles. The highest BCUT2D eigenvalue weighted by atomic mass is 16.8. The molecular weight excluding hydrogens is 456 g/mol. The minimum atomic E-state index is -0.247. The fourth-order valence-electron chi connectivity index (χ4n) is 6.03. The first-order valence-corrected chi connectivity index (χ1v) is 15.4. The van der Waals surface area contributed by atoms with Gasteiger partial charge in [0.2, 0.25) is 0 Å². The summed E-state index contributed by atoms with van der Waals surface area (Å²) >= 11 is 0. The third-order valence-corrected chi connectivity index (χ3v) is 8.62. The minimum Gasteiger partial charge on any atom is -0.350 e. The van der Waals surface area contributed by atoms with Gasteiger partial charge < -0.3 is 28.4 Å². The Balaban J connectivity index is 1.75. The Morgan fingerprint density at radius 1 is 0.500 bits per heavy atom. The van der Waals surface area contributed by atoms with Crippen molar-refractivity contribution in [3.63, 3.8) is 0 Å². The van der Waals surface area contributed by atoms with Gasteiger partial charge in [0, 0.05) is 17.8 Å². The van der Waals surface area contributed by atoms with Crippen molar-refractivity contribution >= 4 is 0 Å². The molecule has 0 amide bonds. The highest BCUT2D eigenvalue weighted by Crippen LogP contribution is 2.39. The van der Waals surface area contributed by atoms with Crippen LogP contribution in [0.15, 0.2) is 0 Å². The van der Waals surface area contributed by atoms with Crippen LogP contribution in [0, 0.1) is 17.8 Å². The first-order valence-electron chi connectivity index (χ1n) is 15.4. The second-order valence-corrected chi connectivity index (χ2v) is 11.3. The van der Waals surface area contributed by atoms with Crippen molar-refractivity contribution in [3.8, 4) is 0 Å². The van der Waals surface area contributed by atoms with E-state index in [1.165, 1.54) is 38.5 Å². The quantitative estimate of drug-likeness (QED) is 0.217. The van der Waals surface area contributed by atoms with Crippen LogP contribution in [-0.4, -0.2) is 56.5 Å². The van der Waals surface area contributed by atoms with Gasteiger partial charge in [0.1, 0.15) is 24.4 Å². The van der Waals surface area contributed by atoms with Crippen molar-refractivity contribution < 1.29 is 28.4 Å². The summed E-state index contributed by atoms with van der Waals surface area (Å²) in [5, 5.41) is 0. The molecule has 0 aliphatic carbocycles. The lowest BCUT2D eigenvalue weighted by Gasteiger charge is -2.49. The first kappa shape index (κ1) is 30.3. The van der Waals surface area contributed by atoms with Crippen LogP contribution < -0.4 is 0 Å². The normalized spacial score (nSPS) is 35.3.